The molecule has 1 aliphatic heterocycles. The van der Waals surface area contributed by atoms with Gasteiger partial charge in [-0.1, -0.05) is 12.1 Å². The summed E-state index contributed by atoms with van der Waals surface area (Å²) in [4.78, 5) is 36.6. The number of benzene rings is 1. The van der Waals surface area contributed by atoms with Crippen LogP contribution in [0.15, 0.2) is 42.7 Å². The molecule has 1 aliphatic rings. The van der Waals surface area contributed by atoms with E-state index >= 15 is 0 Å². The van der Waals surface area contributed by atoms with Crippen molar-refractivity contribution in [2.45, 2.75) is 38.8 Å². The molecule has 0 radical (unpaired) electrons. The Morgan fingerprint density at radius 2 is 2.03 bits per heavy atom. The van der Waals surface area contributed by atoms with E-state index in [4.69, 9.17) is 9.72 Å². The Morgan fingerprint density at radius 1 is 1.18 bits per heavy atom. The first kappa shape index (κ1) is 27.2. The fourth-order valence-corrected chi connectivity index (χ4v) is 7.42. The topological polar surface area (TPSA) is 117 Å². The van der Waals surface area contributed by atoms with E-state index in [2.05, 4.69) is 33.8 Å². The van der Waals surface area contributed by atoms with Gasteiger partial charge in [-0.15, -0.1) is 22.7 Å². The molecule has 0 fully saturated rings. The van der Waals surface area contributed by atoms with Crippen molar-refractivity contribution in [3.05, 3.63) is 53.2 Å². The van der Waals surface area contributed by atoms with Crippen LogP contribution in [0.5, 0.6) is 0 Å². The van der Waals surface area contributed by atoms with Gasteiger partial charge in [-0.05, 0) is 49.6 Å². The smallest absolute Gasteiger partial charge is 0.408 e. The minimum Gasteiger partial charge on any atom is -0.465 e. The third-order valence-electron chi connectivity index (χ3n) is 6.89. The number of aromatic nitrogens is 2. The average Bonchev–Trinajstić information content (AvgIpc) is 3.49. The van der Waals surface area contributed by atoms with Crippen molar-refractivity contribution in [3.63, 3.8) is 0 Å². The summed E-state index contributed by atoms with van der Waals surface area (Å²) >= 11 is 3.04. The van der Waals surface area contributed by atoms with Crippen LogP contribution in [0, 0.1) is 0 Å². The third kappa shape index (κ3) is 5.67. The lowest BCUT2D eigenvalue weighted by Crippen LogP contribution is -2.43. The molecule has 4 aromatic rings. The van der Waals surface area contributed by atoms with Crippen molar-refractivity contribution in [1.82, 2.24) is 20.2 Å². The van der Waals surface area contributed by atoms with Gasteiger partial charge in [0.25, 0.3) is 0 Å². The van der Waals surface area contributed by atoms with E-state index in [9.17, 15) is 14.7 Å². The number of anilines is 1. The first-order chi connectivity index (χ1) is 18.9. The molecule has 3 N–H and O–H groups in total. The third-order valence-corrected chi connectivity index (χ3v) is 9.26. The van der Waals surface area contributed by atoms with Gasteiger partial charge in [0.1, 0.15) is 10.0 Å². The molecule has 0 saturated carbocycles. The van der Waals surface area contributed by atoms with E-state index in [0.29, 0.717) is 32.5 Å². The summed E-state index contributed by atoms with van der Waals surface area (Å²) in [6.45, 7) is 5.63. The molecule has 0 bridgehead atoms. The molecule has 0 spiro atoms. The van der Waals surface area contributed by atoms with E-state index in [-0.39, 0.29) is 18.0 Å². The first-order valence-corrected chi connectivity index (χ1v) is 14.5. The highest BCUT2D eigenvalue weighted by atomic mass is 32.1. The van der Waals surface area contributed by atoms with Gasteiger partial charge in [-0.3, -0.25) is 14.7 Å². The Balaban J connectivity index is 1.52. The standard InChI is InChI=1S/C28H31N5O4S2/c1-16-13-20-24(26-31-21-14-18(6-7-22(21)38-26)19-5-4-9-30-15-19)27(32-23(34)8-10-29-11-12-37-3)39-25(20)17(2)33(16)28(35)36/h4-7,9,14-17,29H,8,10-13H2,1-3H3,(H,32,34)(H,35,36). The van der Waals surface area contributed by atoms with Gasteiger partial charge in [0.2, 0.25) is 5.91 Å². The van der Waals surface area contributed by atoms with Crippen LogP contribution < -0.4 is 10.6 Å². The fourth-order valence-electron chi connectivity index (χ4n) is 5.03. The molecule has 1 aromatic carbocycles. The van der Waals surface area contributed by atoms with Gasteiger partial charge in [0, 0.05) is 61.1 Å². The molecule has 9 nitrogen and oxygen atoms in total. The maximum absolute atomic E-state index is 12.9. The number of carbonyl (C=O) groups excluding carboxylic acids is 1. The van der Waals surface area contributed by atoms with Crippen LogP contribution in [0.1, 0.15) is 36.8 Å². The number of carbonyl (C=O) groups is 2. The maximum atomic E-state index is 12.9. The molecule has 2 amide bonds. The first-order valence-electron chi connectivity index (χ1n) is 12.8. The predicted molar refractivity (Wildman–Crippen MR) is 156 cm³/mol. The zero-order valence-electron chi connectivity index (χ0n) is 22.1. The van der Waals surface area contributed by atoms with Crippen molar-refractivity contribution < 1.29 is 19.4 Å². The van der Waals surface area contributed by atoms with E-state index < -0.39 is 6.09 Å². The van der Waals surface area contributed by atoms with Gasteiger partial charge in [-0.25, -0.2) is 9.78 Å². The number of methoxy groups -OCH3 is 1. The quantitative estimate of drug-likeness (QED) is 0.225. The second-order valence-corrected chi connectivity index (χ2v) is 11.6. The molecular formula is C28H31N5O4S2. The van der Waals surface area contributed by atoms with Crippen LogP contribution in [-0.2, 0) is 16.0 Å². The number of nitrogens with one attached hydrogen (secondary N) is 2. The molecule has 2 unspecified atom stereocenters. The lowest BCUT2D eigenvalue weighted by atomic mass is 9.93. The SMILES string of the molecule is COCCNCCC(=O)Nc1sc2c(c1-c1nc3cc(-c4cccnc4)ccc3s1)CC(C)N(C(=O)O)C2C. The lowest BCUT2D eigenvalue weighted by Gasteiger charge is -2.36. The summed E-state index contributed by atoms with van der Waals surface area (Å²) in [6, 6.07) is 9.61. The minimum absolute atomic E-state index is 0.101. The van der Waals surface area contributed by atoms with Crippen LogP contribution in [0.2, 0.25) is 0 Å². The van der Waals surface area contributed by atoms with Gasteiger partial charge >= 0.3 is 6.09 Å². The maximum Gasteiger partial charge on any atom is 0.408 e. The lowest BCUT2D eigenvalue weighted by molar-refractivity contribution is -0.116. The van der Waals surface area contributed by atoms with Crippen molar-refractivity contribution in [1.29, 1.82) is 0 Å². The Morgan fingerprint density at radius 3 is 2.77 bits per heavy atom. The normalized spacial score (nSPS) is 16.8. The highest BCUT2D eigenvalue weighted by Gasteiger charge is 2.37. The number of fused-ring (bicyclic) bond motifs is 2. The summed E-state index contributed by atoms with van der Waals surface area (Å²) in [5, 5.41) is 17.7. The number of rotatable bonds is 9. The van der Waals surface area contributed by atoms with Gasteiger partial charge in [0.15, 0.2) is 0 Å². The summed E-state index contributed by atoms with van der Waals surface area (Å²) in [5.74, 6) is -0.101. The summed E-state index contributed by atoms with van der Waals surface area (Å²) in [6.07, 6.45) is 3.52. The number of amides is 2. The van der Waals surface area contributed by atoms with Crippen LogP contribution in [0.3, 0.4) is 0 Å². The van der Waals surface area contributed by atoms with Crippen molar-refractivity contribution in [2.24, 2.45) is 0 Å². The van der Waals surface area contributed by atoms with Crippen LogP contribution >= 0.6 is 22.7 Å². The van der Waals surface area contributed by atoms with E-state index in [0.717, 1.165) is 47.4 Å². The number of thiazole rings is 1. The Kier molecular flexibility index (Phi) is 8.22. The van der Waals surface area contributed by atoms with Gasteiger partial charge in [-0.2, -0.15) is 0 Å². The van der Waals surface area contributed by atoms with Crippen molar-refractivity contribution in [3.8, 4) is 21.7 Å². The number of ether oxygens (including phenoxy) is 1. The Hall–Kier alpha value is -3.38. The summed E-state index contributed by atoms with van der Waals surface area (Å²) in [5.41, 5.74) is 4.90. The minimum atomic E-state index is -0.939. The van der Waals surface area contributed by atoms with E-state index in [1.54, 1.807) is 24.6 Å². The molecule has 2 atom stereocenters. The van der Waals surface area contributed by atoms with Gasteiger partial charge < -0.3 is 20.5 Å². The van der Waals surface area contributed by atoms with E-state index in [1.165, 1.54) is 16.2 Å². The highest BCUT2D eigenvalue weighted by molar-refractivity contribution is 7.23. The Labute approximate surface area is 234 Å². The number of carboxylic acid groups (broad SMARTS) is 1. The molecule has 0 saturated heterocycles. The highest BCUT2D eigenvalue weighted by Crippen LogP contribution is 2.50. The molecule has 5 rings (SSSR count). The molecule has 3 aromatic heterocycles. The second kappa shape index (κ2) is 11.8. The summed E-state index contributed by atoms with van der Waals surface area (Å²) < 4.78 is 6.08. The molecule has 4 heterocycles. The number of thiophene rings is 1. The van der Waals surface area contributed by atoms with Crippen molar-refractivity contribution in [2.75, 3.05) is 32.1 Å². The van der Waals surface area contributed by atoms with Crippen LogP contribution in [0.4, 0.5) is 9.80 Å². The predicted octanol–water partition coefficient (Wildman–Crippen LogP) is 5.64. The fraction of sp³-hybridized carbons (Fsp3) is 0.357. The second-order valence-electron chi connectivity index (χ2n) is 9.55. The number of hydrogen-bond acceptors (Lipinski definition) is 8. The van der Waals surface area contributed by atoms with Crippen molar-refractivity contribution >= 4 is 49.9 Å². The number of pyridine rings is 1. The van der Waals surface area contributed by atoms with Gasteiger partial charge in [0.05, 0.1) is 22.9 Å². The molecule has 11 heteroatoms. The number of hydrogen-bond donors (Lipinski definition) is 3. The molecule has 204 valence electrons. The number of nitrogens with zero attached hydrogens (tertiary/aromatic N) is 3. The Bertz CT molecular complexity index is 1490. The zero-order chi connectivity index (χ0) is 27.5. The molecule has 0 aliphatic carbocycles. The largest absolute Gasteiger partial charge is 0.465 e. The average molecular weight is 566 g/mol. The molecular weight excluding hydrogens is 534 g/mol. The van der Waals surface area contributed by atoms with Crippen LogP contribution in [0.25, 0.3) is 31.9 Å². The summed E-state index contributed by atoms with van der Waals surface area (Å²) in [7, 11) is 1.64. The zero-order valence-corrected chi connectivity index (χ0v) is 23.7. The monoisotopic (exact) mass is 565 g/mol. The molecule has 39 heavy (non-hydrogen) atoms. The van der Waals surface area contributed by atoms with Crippen LogP contribution in [-0.4, -0.2) is 64.8 Å². The van der Waals surface area contributed by atoms with E-state index in [1.807, 2.05) is 32.2 Å².